The van der Waals surface area contributed by atoms with Crippen LogP contribution < -0.4 is 0 Å². The summed E-state index contributed by atoms with van der Waals surface area (Å²) in [5.41, 5.74) is 2.55. The molecule has 0 aliphatic heterocycles. The molecule has 0 unspecified atom stereocenters. The number of azo groups is 1. The zero-order valence-electron chi connectivity index (χ0n) is 14.6. The number of nitrogens with zero attached hydrogens (tertiary/aromatic N) is 3. The van der Waals surface area contributed by atoms with Crippen molar-refractivity contribution in [3.63, 3.8) is 0 Å². The summed E-state index contributed by atoms with van der Waals surface area (Å²) in [4.78, 5) is 4.21. The van der Waals surface area contributed by atoms with Gasteiger partial charge in [-0.05, 0) is 68.8 Å². The number of hydrogen-bond acceptors (Lipinski definition) is 5. The summed E-state index contributed by atoms with van der Waals surface area (Å²) >= 11 is 0. The summed E-state index contributed by atoms with van der Waals surface area (Å²) in [7, 11) is -1.54. The smallest absolute Gasteiger partial charge is 0.178 e. The summed E-state index contributed by atoms with van der Waals surface area (Å²) < 4.78 is 24.6. The van der Waals surface area contributed by atoms with E-state index in [9.17, 15) is 8.42 Å². The van der Waals surface area contributed by atoms with Gasteiger partial charge in [-0.25, -0.2) is 8.42 Å². The van der Waals surface area contributed by atoms with Crippen molar-refractivity contribution in [1.29, 1.82) is 0 Å². The Bertz CT molecular complexity index is 824. The lowest BCUT2D eigenvalue weighted by Crippen LogP contribution is -2.06. The van der Waals surface area contributed by atoms with Crippen LogP contribution in [0.2, 0.25) is 0 Å². The predicted molar refractivity (Wildman–Crippen MR) is 102 cm³/mol. The van der Waals surface area contributed by atoms with Gasteiger partial charge in [-0.1, -0.05) is 17.7 Å². The van der Waals surface area contributed by atoms with Crippen LogP contribution >= 0.6 is 0 Å². The molecule has 0 N–H and O–H groups in total. The van der Waals surface area contributed by atoms with E-state index in [0.717, 1.165) is 24.1 Å². The minimum absolute atomic E-state index is 0.148. The molecule has 5 nitrogen and oxygen atoms in total. The van der Waals surface area contributed by atoms with E-state index in [-0.39, 0.29) is 5.75 Å². The van der Waals surface area contributed by atoms with Crippen LogP contribution in [0.25, 0.3) is 0 Å². The Morgan fingerprint density at radius 3 is 2.00 bits per heavy atom. The van der Waals surface area contributed by atoms with E-state index in [0.29, 0.717) is 17.0 Å². The summed E-state index contributed by atoms with van der Waals surface area (Å²) in [6.07, 6.45) is 4.06. The molecular formula is C19H23N3O2S. The second-order valence-electron chi connectivity index (χ2n) is 5.78. The molecule has 0 heterocycles. The van der Waals surface area contributed by atoms with Crippen molar-refractivity contribution >= 4 is 27.4 Å². The minimum Gasteiger partial charge on any atom is -0.301 e. The highest BCUT2D eigenvalue weighted by molar-refractivity contribution is 7.91. The molecule has 0 atom stereocenters. The Morgan fingerprint density at radius 2 is 1.44 bits per heavy atom. The van der Waals surface area contributed by atoms with Crippen LogP contribution in [0.1, 0.15) is 24.8 Å². The summed E-state index contributed by atoms with van der Waals surface area (Å²) in [5.74, 6) is 0.148. The second-order valence-corrected chi connectivity index (χ2v) is 7.89. The van der Waals surface area contributed by atoms with Crippen LogP contribution in [0.15, 0.2) is 68.6 Å². The Hall–Kier alpha value is -2.34. The van der Waals surface area contributed by atoms with Gasteiger partial charge >= 0.3 is 0 Å². The van der Waals surface area contributed by atoms with Gasteiger partial charge in [0.1, 0.15) is 0 Å². The lowest BCUT2D eigenvalue weighted by molar-refractivity contribution is 0.592. The van der Waals surface area contributed by atoms with Gasteiger partial charge in [0.05, 0.1) is 22.0 Å². The highest BCUT2D eigenvalue weighted by Gasteiger charge is 2.13. The average molecular weight is 357 g/mol. The van der Waals surface area contributed by atoms with E-state index < -0.39 is 9.84 Å². The maximum atomic E-state index is 12.3. The van der Waals surface area contributed by atoms with Gasteiger partial charge in [-0.3, -0.25) is 0 Å². The topological polar surface area (TPSA) is 71.2 Å². The first-order valence-corrected chi connectivity index (χ1v) is 9.88. The first-order chi connectivity index (χ1) is 12.0. The number of rotatable bonds is 8. The van der Waals surface area contributed by atoms with Crippen molar-refractivity contribution < 1.29 is 8.42 Å². The van der Waals surface area contributed by atoms with E-state index in [2.05, 4.69) is 15.2 Å². The molecule has 6 heteroatoms. The quantitative estimate of drug-likeness (QED) is 0.376. The number of aryl methyl sites for hydroxylation is 1. The van der Waals surface area contributed by atoms with E-state index in [1.165, 1.54) is 0 Å². The fraction of sp³-hybridized carbons (Fsp3) is 0.316. The number of benzene rings is 2. The van der Waals surface area contributed by atoms with E-state index in [4.69, 9.17) is 0 Å². The zero-order valence-corrected chi connectivity index (χ0v) is 15.4. The molecule has 2 rings (SSSR count). The number of unbranched alkanes of at least 4 members (excludes halogenated alkanes) is 2. The lowest BCUT2D eigenvalue weighted by Gasteiger charge is -2.04. The molecule has 2 aromatic carbocycles. The Labute approximate surface area is 149 Å². The highest BCUT2D eigenvalue weighted by atomic mass is 32.2. The van der Waals surface area contributed by atoms with Gasteiger partial charge in [-0.2, -0.15) is 10.2 Å². The molecule has 0 bridgehead atoms. The van der Waals surface area contributed by atoms with Gasteiger partial charge in [0.2, 0.25) is 0 Å². The maximum absolute atomic E-state index is 12.3. The largest absolute Gasteiger partial charge is 0.301 e. The number of aliphatic imine (C=N–C) groups is 1. The first kappa shape index (κ1) is 19.0. The van der Waals surface area contributed by atoms with Gasteiger partial charge < -0.3 is 4.99 Å². The highest BCUT2D eigenvalue weighted by Crippen LogP contribution is 2.21. The van der Waals surface area contributed by atoms with Crippen LogP contribution in [0.5, 0.6) is 0 Å². The summed E-state index contributed by atoms with van der Waals surface area (Å²) in [6, 6.07) is 14.2. The normalized spacial score (nSPS) is 12.2. The van der Waals surface area contributed by atoms with Gasteiger partial charge in [0, 0.05) is 7.05 Å². The van der Waals surface area contributed by atoms with Gasteiger partial charge in [0.15, 0.2) is 9.84 Å². The molecule has 0 aliphatic rings. The predicted octanol–water partition coefficient (Wildman–Crippen LogP) is 5.06. The molecule has 0 saturated heterocycles. The van der Waals surface area contributed by atoms with Crippen LogP contribution in [-0.4, -0.2) is 27.4 Å². The number of sulfone groups is 1. The Balaban J connectivity index is 1.97. The second kappa shape index (κ2) is 9.22. The van der Waals surface area contributed by atoms with Gasteiger partial charge in [0.25, 0.3) is 0 Å². The molecule has 132 valence electrons. The first-order valence-electron chi connectivity index (χ1n) is 8.23. The van der Waals surface area contributed by atoms with Crippen molar-refractivity contribution in [1.82, 2.24) is 0 Å². The van der Waals surface area contributed by atoms with Crippen molar-refractivity contribution in [3.05, 3.63) is 54.1 Å². The van der Waals surface area contributed by atoms with Crippen LogP contribution in [0.4, 0.5) is 11.4 Å². The lowest BCUT2D eigenvalue weighted by atomic mass is 10.2. The Kier molecular flexibility index (Phi) is 7.01. The Morgan fingerprint density at radius 1 is 0.880 bits per heavy atom. The molecule has 0 radical (unpaired) electrons. The summed E-state index contributed by atoms with van der Waals surface area (Å²) in [5, 5.41) is 8.29. The van der Waals surface area contributed by atoms with E-state index in [1.807, 2.05) is 31.2 Å². The van der Waals surface area contributed by atoms with Gasteiger partial charge in [-0.15, -0.1) is 0 Å². The van der Waals surface area contributed by atoms with Crippen molar-refractivity contribution in [2.45, 2.75) is 31.1 Å². The molecule has 0 aliphatic carbocycles. The van der Waals surface area contributed by atoms with Crippen LogP contribution in [0, 0.1) is 6.92 Å². The standard InChI is InChI=1S/C19H23N3O2S/c1-16-6-8-17(9-7-16)21-22-18-10-12-19(13-11-18)25(23,24)15-5-3-4-14-20-2/h6-14H,3-5,15H2,1-2H3. The van der Waals surface area contributed by atoms with Crippen molar-refractivity contribution in [2.75, 3.05) is 12.8 Å². The van der Waals surface area contributed by atoms with E-state index in [1.54, 1.807) is 37.5 Å². The molecule has 2 aromatic rings. The number of hydrogen-bond donors (Lipinski definition) is 0. The molecule has 0 spiro atoms. The molecule has 0 fully saturated rings. The van der Waals surface area contributed by atoms with Crippen molar-refractivity contribution in [3.8, 4) is 0 Å². The molecule has 0 amide bonds. The SMILES string of the molecule is CN=CCCCCS(=O)(=O)c1ccc(N=Nc2ccc(C)cc2)cc1. The fourth-order valence-corrected chi connectivity index (χ4v) is 3.59. The maximum Gasteiger partial charge on any atom is 0.178 e. The van der Waals surface area contributed by atoms with E-state index >= 15 is 0 Å². The molecule has 0 aromatic heterocycles. The van der Waals surface area contributed by atoms with Crippen LogP contribution in [0.3, 0.4) is 0 Å². The average Bonchev–Trinajstić information content (AvgIpc) is 2.61. The molecular weight excluding hydrogens is 334 g/mol. The minimum atomic E-state index is -3.25. The third kappa shape index (κ3) is 6.23. The molecule has 25 heavy (non-hydrogen) atoms. The fourth-order valence-electron chi connectivity index (χ4n) is 2.22. The zero-order chi connectivity index (χ0) is 18.1. The third-order valence-electron chi connectivity index (χ3n) is 3.69. The monoisotopic (exact) mass is 357 g/mol. The van der Waals surface area contributed by atoms with Crippen LogP contribution in [-0.2, 0) is 9.84 Å². The summed E-state index contributed by atoms with van der Waals surface area (Å²) in [6.45, 7) is 2.01. The van der Waals surface area contributed by atoms with Crippen molar-refractivity contribution in [2.24, 2.45) is 15.2 Å². The third-order valence-corrected chi connectivity index (χ3v) is 5.51. The molecule has 0 saturated carbocycles.